The molecule has 0 spiro atoms. The van der Waals surface area contributed by atoms with Gasteiger partial charge < -0.3 is 0 Å². The van der Waals surface area contributed by atoms with Crippen LogP contribution < -0.4 is 0 Å². The van der Waals surface area contributed by atoms with Gasteiger partial charge in [-0.3, -0.25) is 0 Å². The molecule has 2 bridgehead atoms. The predicted octanol–water partition coefficient (Wildman–Crippen LogP) is 3.43. The number of halogens is 2. The molecule has 13 heavy (non-hydrogen) atoms. The van der Waals surface area contributed by atoms with Gasteiger partial charge in [-0.2, -0.15) is 0 Å². The molecule has 3 aliphatic carbocycles. The lowest BCUT2D eigenvalue weighted by Crippen LogP contribution is -2.65. The van der Waals surface area contributed by atoms with Crippen molar-refractivity contribution in [2.45, 2.75) is 28.1 Å². The lowest BCUT2D eigenvalue weighted by atomic mass is 9.42. The maximum atomic E-state index is 12.7. The number of hydrogen-bond acceptors (Lipinski definition) is 0. The molecule has 0 N–H and O–H groups in total. The van der Waals surface area contributed by atoms with Crippen LogP contribution in [0.5, 0.6) is 0 Å². The summed E-state index contributed by atoms with van der Waals surface area (Å²) in [4.78, 5) is 0. The van der Waals surface area contributed by atoms with Crippen LogP contribution >= 0.6 is 22.6 Å². The number of hydrogen-bond donors (Lipinski definition) is 0. The van der Waals surface area contributed by atoms with Crippen LogP contribution in [-0.4, -0.2) is 3.42 Å². The second-order valence-electron chi connectivity index (χ2n) is 4.47. The molecule has 3 saturated carbocycles. The summed E-state index contributed by atoms with van der Waals surface area (Å²) in [7, 11) is 0. The van der Waals surface area contributed by atoms with Crippen molar-refractivity contribution in [2.75, 3.05) is 0 Å². The summed E-state index contributed by atoms with van der Waals surface area (Å²) in [5.74, 6) is -0.125. The molecule has 0 saturated heterocycles. The predicted molar refractivity (Wildman–Crippen MR) is 58.7 cm³/mol. The normalized spacial score (nSPS) is 40.8. The summed E-state index contributed by atoms with van der Waals surface area (Å²) in [5, 5.41) is 0. The molecular formula is C11H10FI. The first-order valence-corrected chi connectivity index (χ1v) is 5.65. The topological polar surface area (TPSA) is 0 Å². The van der Waals surface area contributed by atoms with Crippen molar-refractivity contribution in [3.8, 4) is 0 Å². The molecular weight excluding hydrogens is 278 g/mol. The summed E-state index contributed by atoms with van der Waals surface area (Å²) in [6.07, 6.45) is 3.89. The summed E-state index contributed by atoms with van der Waals surface area (Å²) < 4.78 is 13.3. The van der Waals surface area contributed by atoms with Crippen LogP contribution in [0.3, 0.4) is 0 Å². The van der Waals surface area contributed by atoms with E-state index in [0.29, 0.717) is 8.84 Å². The zero-order valence-corrected chi connectivity index (χ0v) is 9.34. The third kappa shape index (κ3) is 1.01. The van der Waals surface area contributed by atoms with Crippen LogP contribution in [0.2, 0.25) is 0 Å². The van der Waals surface area contributed by atoms with E-state index in [1.165, 1.54) is 24.8 Å². The van der Waals surface area contributed by atoms with Gasteiger partial charge in [0.2, 0.25) is 0 Å². The number of alkyl halides is 1. The van der Waals surface area contributed by atoms with Gasteiger partial charge in [0, 0.05) is 3.42 Å². The Hall–Kier alpha value is -0.120. The number of benzene rings is 1. The molecule has 0 aromatic heterocycles. The largest absolute Gasteiger partial charge is 0.207 e. The molecule has 0 aliphatic heterocycles. The third-order valence-corrected chi connectivity index (χ3v) is 4.57. The molecule has 1 aromatic carbocycles. The van der Waals surface area contributed by atoms with Gasteiger partial charge in [0.1, 0.15) is 5.82 Å². The van der Waals surface area contributed by atoms with E-state index in [-0.39, 0.29) is 5.82 Å². The van der Waals surface area contributed by atoms with E-state index in [1.807, 2.05) is 12.1 Å². The maximum Gasteiger partial charge on any atom is 0.123 e. The minimum Gasteiger partial charge on any atom is -0.207 e. The van der Waals surface area contributed by atoms with Gasteiger partial charge in [-0.05, 0) is 42.4 Å². The van der Waals surface area contributed by atoms with Crippen molar-refractivity contribution in [3.05, 3.63) is 35.6 Å². The highest BCUT2D eigenvalue weighted by Crippen LogP contribution is 2.72. The molecule has 0 amide bonds. The molecule has 68 valence electrons. The van der Waals surface area contributed by atoms with E-state index in [4.69, 9.17) is 0 Å². The van der Waals surface area contributed by atoms with Crippen molar-refractivity contribution >= 4 is 22.6 Å². The molecule has 0 atom stereocenters. The molecule has 0 unspecified atom stereocenters. The summed E-state index contributed by atoms with van der Waals surface area (Å²) in [6, 6.07) is 7.06. The fraction of sp³-hybridized carbons (Fsp3) is 0.455. The van der Waals surface area contributed by atoms with Crippen LogP contribution in [0.1, 0.15) is 24.8 Å². The Kier molecular flexibility index (Phi) is 1.43. The van der Waals surface area contributed by atoms with Gasteiger partial charge in [0.05, 0.1) is 0 Å². The zero-order chi connectivity index (χ0) is 9.10. The van der Waals surface area contributed by atoms with Crippen molar-refractivity contribution < 1.29 is 4.39 Å². The lowest BCUT2D eigenvalue weighted by Gasteiger charge is -2.68. The molecule has 4 rings (SSSR count). The number of rotatable bonds is 1. The summed E-state index contributed by atoms with van der Waals surface area (Å²) >= 11 is 2.56. The van der Waals surface area contributed by atoms with Gasteiger partial charge in [-0.1, -0.05) is 34.7 Å². The first-order chi connectivity index (χ1) is 6.12. The second-order valence-corrected chi connectivity index (χ2v) is 6.76. The highest BCUT2D eigenvalue weighted by molar-refractivity contribution is 14.1. The highest BCUT2D eigenvalue weighted by Gasteiger charge is 2.66. The Bertz CT molecular complexity index is 335. The monoisotopic (exact) mass is 288 g/mol. The average Bonchev–Trinajstić information content (AvgIpc) is 1.99. The van der Waals surface area contributed by atoms with E-state index >= 15 is 0 Å². The summed E-state index contributed by atoms with van der Waals surface area (Å²) in [6.45, 7) is 0. The van der Waals surface area contributed by atoms with Crippen molar-refractivity contribution in [1.82, 2.24) is 0 Å². The van der Waals surface area contributed by atoms with Gasteiger partial charge in [-0.25, -0.2) is 4.39 Å². The molecule has 3 fully saturated rings. The summed E-state index contributed by atoms with van der Waals surface area (Å²) in [5.41, 5.74) is 1.78. The maximum absolute atomic E-state index is 12.7. The average molecular weight is 288 g/mol. The van der Waals surface area contributed by atoms with Crippen LogP contribution in [-0.2, 0) is 5.41 Å². The quantitative estimate of drug-likeness (QED) is 0.548. The molecule has 3 aliphatic rings. The molecule has 0 radical (unpaired) electrons. The van der Waals surface area contributed by atoms with Crippen LogP contribution in [0, 0.1) is 5.82 Å². The molecule has 1 aromatic rings. The third-order valence-electron chi connectivity index (χ3n) is 3.42. The zero-order valence-electron chi connectivity index (χ0n) is 7.19. The second kappa shape index (κ2) is 2.27. The van der Waals surface area contributed by atoms with E-state index < -0.39 is 0 Å². The van der Waals surface area contributed by atoms with Crippen LogP contribution in [0.25, 0.3) is 0 Å². The Morgan fingerprint density at radius 3 is 2.08 bits per heavy atom. The van der Waals surface area contributed by atoms with Gasteiger partial charge in [0.25, 0.3) is 0 Å². The SMILES string of the molecule is Fc1ccc(C23CC(I)(C2)C3)cc1. The van der Waals surface area contributed by atoms with Gasteiger partial charge in [-0.15, -0.1) is 0 Å². The van der Waals surface area contributed by atoms with Gasteiger partial charge in [0.15, 0.2) is 0 Å². The lowest BCUT2D eigenvalue weighted by molar-refractivity contribution is 0.0220. The standard InChI is InChI=1S/C11H10FI/c12-9-3-1-8(2-4-9)10-5-11(13,6-10)7-10/h1-4H,5-7H2. The van der Waals surface area contributed by atoms with E-state index in [9.17, 15) is 4.39 Å². The Balaban J connectivity index is 1.91. The van der Waals surface area contributed by atoms with Gasteiger partial charge >= 0.3 is 0 Å². The van der Waals surface area contributed by atoms with Crippen molar-refractivity contribution in [3.63, 3.8) is 0 Å². The minimum atomic E-state index is -0.125. The molecule has 0 nitrogen and oxygen atoms in total. The fourth-order valence-electron chi connectivity index (χ4n) is 2.77. The smallest absolute Gasteiger partial charge is 0.123 e. The fourth-order valence-corrected chi connectivity index (χ4v) is 4.96. The first-order valence-electron chi connectivity index (χ1n) is 4.57. The Morgan fingerprint density at radius 1 is 1.08 bits per heavy atom. The molecule has 2 heteroatoms. The molecule has 0 heterocycles. The van der Waals surface area contributed by atoms with Crippen LogP contribution in [0.4, 0.5) is 4.39 Å². The Morgan fingerprint density at radius 2 is 1.62 bits per heavy atom. The van der Waals surface area contributed by atoms with Crippen molar-refractivity contribution in [1.29, 1.82) is 0 Å². The van der Waals surface area contributed by atoms with E-state index in [0.717, 1.165) is 0 Å². The minimum absolute atomic E-state index is 0.125. The van der Waals surface area contributed by atoms with E-state index in [2.05, 4.69) is 22.6 Å². The van der Waals surface area contributed by atoms with Crippen molar-refractivity contribution in [2.24, 2.45) is 0 Å². The first kappa shape index (κ1) is 8.21. The van der Waals surface area contributed by atoms with E-state index in [1.54, 1.807) is 12.1 Å². The highest BCUT2D eigenvalue weighted by atomic mass is 127. The van der Waals surface area contributed by atoms with Crippen LogP contribution in [0.15, 0.2) is 24.3 Å². The Labute approximate surface area is 90.7 Å².